The Bertz CT molecular complexity index is 488. The first-order chi connectivity index (χ1) is 10.8. The highest BCUT2D eigenvalue weighted by Crippen LogP contribution is 2.35. The van der Waals surface area contributed by atoms with Crippen LogP contribution in [0, 0.1) is 5.92 Å². The normalized spacial score (nSPS) is 29.4. The molecule has 3 atom stereocenters. The summed E-state index contributed by atoms with van der Waals surface area (Å²) in [5.41, 5.74) is 1.23. The van der Waals surface area contributed by atoms with Gasteiger partial charge < -0.3 is 10.1 Å². The van der Waals surface area contributed by atoms with Gasteiger partial charge in [0, 0.05) is 31.6 Å². The molecule has 2 saturated heterocycles. The molecule has 0 spiro atoms. The summed E-state index contributed by atoms with van der Waals surface area (Å²) < 4.78 is 5.56. The van der Waals surface area contributed by atoms with Crippen LogP contribution < -0.4 is 5.32 Å². The number of hydrogen-bond donors (Lipinski definition) is 1. The Morgan fingerprint density at radius 2 is 2.36 bits per heavy atom. The van der Waals surface area contributed by atoms with Crippen molar-refractivity contribution < 1.29 is 9.53 Å². The largest absolute Gasteiger partial charge is 0.368 e. The van der Waals surface area contributed by atoms with Crippen molar-refractivity contribution >= 4 is 5.91 Å². The molecule has 2 fully saturated rings. The summed E-state index contributed by atoms with van der Waals surface area (Å²) in [5.74, 6) is 0.487. The molecule has 2 aliphatic heterocycles. The molecule has 1 amide bonds. The van der Waals surface area contributed by atoms with E-state index in [1.165, 1.54) is 5.56 Å². The molecule has 0 saturated carbocycles. The number of likely N-dealkylation sites (tertiary alicyclic amines) is 1. The van der Waals surface area contributed by atoms with Crippen molar-refractivity contribution in [2.45, 2.75) is 37.8 Å². The van der Waals surface area contributed by atoms with Crippen LogP contribution >= 0.6 is 0 Å². The summed E-state index contributed by atoms with van der Waals surface area (Å²) in [7, 11) is 2.14. The van der Waals surface area contributed by atoms with Crippen molar-refractivity contribution in [3.63, 3.8) is 0 Å². The van der Waals surface area contributed by atoms with Crippen LogP contribution in [-0.4, -0.2) is 48.6 Å². The van der Waals surface area contributed by atoms with E-state index in [0.717, 1.165) is 32.2 Å². The third kappa shape index (κ3) is 3.47. The summed E-state index contributed by atoms with van der Waals surface area (Å²) in [6.45, 7) is 2.48. The minimum Gasteiger partial charge on any atom is -0.368 e. The molecule has 3 rings (SSSR count). The lowest BCUT2D eigenvalue weighted by molar-refractivity contribution is -0.135. The number of pyridine rings is 1. The zero-order valence-corrected chi connectivity index (χ0v) is 13.2. The predicted molar refractivity (Wildman–Crippen MR) is 84.3 cm³/mol. The quantitative estimate of drug-likeness (QED) is 0.921. The van der Waals surface area contributed by atoms with Gasteiger partial charge in [0.2, 0.25) is 5.91 Å². The Morgan fingerprint density at radius 3 is 3.09 bits per heavy atom. The average Bonchev–Trinajstić information content (AvgIpc) is 2.95. The first kappa shape index (κ1) is 15.4. The van der Waals surface area contributed by atoms with Crippen LogP contribution in [-0.2, 0) is 9.53 Å². The zero-order chi connectivity index (χ0) is 15.4. The summed E-state index contributed by atoms with van der Waals surface area (Å²) in [5, 5.41) is 3.10. The fourth-order valence-electron chi connectivity index (χ4n) is 3.61. The van der Waals surface area contributed by atoms with E-state index in [0.29, 0.717) is 25.1 Å². The average molecular weight is 303 g/mol. The standard InChI is InChI=1S/C17H25N3O2/c1-20-9-7-14(16(20)13-5-4-8-18-11-13)12-19-17(21)15-6-2-3-10-22-15/h4-5,8,11,14-16H,2-3,6-7,9-10,12H2,1H3,(H,19,21)/t14-,15+,16-/m0/s1. The van der Waals surface area contributed by atoms with Crippen LogP contribution in [0.1, 0.15) is 37.3 Å². The molecule has 0 bridgehead atoms. The van der Waals surface area contributed by atoms with Gasteiger partial charge in [-0.3, -0.25) is 14.7 Å². The summed E-state index contributed by atoms with van der Waals surface area (Å²) in [4.78, 5) is 18.8. The fourth-order valence-corrected chi connectivity index (χ4v) is 3.61. The van der Waals surface area contributed by atoms with E-state index in [4.69, 9.17) is 4.74 Å². The van der Waals surface area contributed by atoms with Crippen LogP contribution in [0.4, 0.5) is 0 Å². The molecule has 2 aliphatic rings. The van der Waals surface area contributed by atoms with Gasteiger partial charge >= 0.3 is 0 Å². The Labute approximate surface area is 132 Å². The van der Waals surface area contributed by atoms with Crippen molar-refractivity contribution in [1.29, 1.82) is 0 Å². The molecule has 0 aliphatic carbocycles. The highest BCUT2D eigenvalue weighted by Gasteiger charge is 2.33. The van der Waals surface area contributed by atoms with E-state index in [1.807, 2.05) is 12.3 Å². The fraction of sp³-hybridized carbons (Fsp3) is 0.647. The van der Waals surface area contributed by atoms with E-state index < -0.39 is 0 Å². The SMILES string of the molecule is CN1CC[C@@H](CNC(=O)[C@H]2CCCCO2)[C@@H]1c1cccnc1. The Kier molecular flexibility index (Phi) is 5.05. The molecular formula is C17H25N3O2. The Balaban J connectivity index is 1.58. The van der Waals surface area contributed by atoms with Gasteiger partial charge in [0.05, 0.1) is 0 Å². The highest BCUT2D eigenvalue weighted by atomic mass is 16.5. The molecule has 1 aromatic heterocycles. The van der Waals surface area contributed by atoms with Crippen LogP contribution in [0.5, 0.6) is 0 Å². The molecule has 3 heterocycles. The lowest BCUT2D eigenvalue weighted by atomic mass is 9.94. The van der Waals surface area contributed by atoms with Gasteiger partial charge in [-0.25, -0.2) is 0 Å². The van der Waals surface area contributed by atoms with Crippen LogP contribution in [0.3, 0.4) is 0 Å². The van der Waals surface area contributed by atoms with Gasteiger partial charge in [-0.2, -0.15) is 0 Å². The second-order valence-electron chi connectivity index (χ2n) is 6.36. The highest BCUT2D eigenvalue weighted by molar-refractivity contribution is 5.80. The van der Waals surface area contributed by atoms with Gasteiger partial charge in [-0.15, -0.1) is 0 Å². The first-order valence-electron chi connectivity index (χ1n) is 8.25. The molecule has 22 heavy (non-hydrogen) atoms. The van der Waals surface area contributed by atoms with E-state index in [1.54, 1.807) is 6.20 Å². The summed E-state index contributed by atoms with van der Waals surface area (Å²) in [6.07, 6.45) is 7.60. The second-order valence-corrected chi connectivity index (χ2v) is 6.36. The summed E-state index contributed by atoms with van der Waals surface area (Å²) in [6, 6.07) is 4.44. The van der Waals surface area contributed by atoms with Crippen molar-refractivity contribution in [3.8, 4) is 0 Å². The molecule has 0 radical (unpaired) electrons. The topological polar surface area (TPSA) is 54.5 Å². The lowest BCUT2D eigenvalue weighted by Crippen LogP contribution is -2.41. The van der Waals surface area contributed by atoms with Gasteiger partial charge in [-0.1, -0.05) is 6.07 Å². The smallest absolute Gasteiger partial charge is 0.249 e. The minimum atomic E-state index is -0.246. The Hall–Kier alpha value is -1.46. The maximum atomic E-state index is 12.2. The van der Waals surface area contributed by atoms with Crippen molar-refractivity contribution in [2.75, 3.05) is 26.7 Å². The Morgan fingerprint density at radius 1 is 1.45 bits per heavy atom. The maximum absolute atomic E-state index is 12.2. The number of aromatic nitrogens is 1. The van der Waals surface area contributed by atoms with Crippen molar-refractivity contribution in [2.24, 2.45) is 5.92 Å². The molecule has 0 unspecified atom stereocenters. The number of ether oxygens (including phenoxy) is 1. The van der Waals surface area contributed by atoms with E-state index in [2.05, 4.69) is 28.3 Å². The second kappa shape index (κ2) is 7.20. The number of carbonyl (C=O) groups is 1. The van der Waals surface area contributed by atoms with Crippen LogP contribution in [0.15, 0.2) is 24.5 Å². The third-order valence-corrected chi connectivity index (χ3v) is 4.81. The molecule has 1 N–H and O–H groups in total. The molecule has 0 aromatic carbocycles. The molecule has 1 aromatic rings. The van der Waals surface area contributed by atoms with E-state index in [9.17, 15) is 4.79 Å². The van der Waals surface area contributed by atoms with Gasteiger partial charge in [0.15, 0.2) is 0 Å². The van der Waals surface area contributed by atoms with Crippen molar-refractivity contribution in [3.05, 3.63) is 30.1 Å². The molecule has 5 heteroatoms. The molecule has 120 valence electrons. The van der Waals surface area contributed by atoms with E-state index in [-0.39, 0.29) is 12.0 Å². The minimum absolute atomic E-state index is 0.0548. The number of nitrogens with one attached hydrogen (secondary N) is 1. The van der Waals surface area contributed by atoms with Gasteiger partial charge in [-0.05, 0) is 56.8 Å². The van der Waals surface area contributed by atoms with Gasteiger partial charge in [0.25, 0.3) is 0 Å². The number of hydrogen-bond acceptors (Lipinski definition) is 4. The number of rotatable bonds is 4. The monoisotopic (exact) mass is 303 g/mol. The lowest BCUT2D eigenvalue weighted by Gasteiger charge is -2.27. The van der Waals surface area contributed by atoms with Crippen molar-refractivity contribution in [1.82, 2.24) is 15.2 Å². The maximum Gasteiger partial charge on any atom is 0.249 e. The zero-order valence-electron chi connectivity index (χ0n) is 13.2. The van der Waals surface area contributed by atoms with Crippen LogP contribution in [0.25, 0.3) is 0 Å². The summed E-state index contributed by atoms with van der Waals surface area (Å²) >= 11 is 0. The predicted octanol–water partition coefficient (Wildman–Crippen LogP) is 1.76. The first-order valence-corrected chi connectivity index (χ1v) is 8.25. The molecular weight excluding hydrogens is 278 g/mol. The number of nitrogens with zero attached hydrogens (tertiary/aromatic N) is 2. The number of amides is 1. The van der Waals surface area contributed by atoms with E-state index >= 15 is 0 Å². The number of carbonyl (C=O) groups excluding carboxylic acids is 1. The third-order valence-electron chi connectivity index (χ3n) is 4.81. The van der Waals surface area contributed by atoms with Crippen LogP contribution in [0.2, 0.25) is 0 Å². The van der Waals surface area contributed by atoms with Gasteiger partial charge in [0.1, 0.15) is 6.10 Å². The molecule has 5 nitrogen and oxygen atoms in total.